The molecule has 4 rings (SSSR count). The highest BCUT2D eigenvalue weighted by Crippen LogP contribution is 2.45. The Morgan fingerprint density at radius 2 is 1.76 bits per heavy atom. The van der Waals surface area contributed by atoms with Crippen molar-refractivity contribution >= 4 is 31.9 Å². The number of aromatic nitrogens is 1. The fraction of sp³-hybridized carbons (Fsp3) is 0.542. The van der Waals surface area contributed by atoms with E-state index in [-0.39, 0.29) is 0 Å². The summed E-state index contributed by atoms with van der Waals surface area (Å²) in [7, 11) is 0. The minimum atomic E-state index is 0.310. The smallest absolute Gasteiger partial charge is 0.130 e. The van der Waals surface area contributed by atoms with Gasteiger partial charge in [0.05, 0.1) is 10.2 Å². The second kappa shape index (κ2) is 12.1. The Balaban J connectivity index is 0.000000551. The fourth-order valence-electron chi connectivity index (χ4n) is 4.20. The van der Waals surface area contributed by atoms with Crippen LogP contribution in [0, 0.1) is 5.92 Å². The number of pyridine rings is 1. The maximum Gasteiger partial charge on any atom is 0.130 e. The summed E-state index contributed by atoms with van der Waals surface area (Å²) in [6, 6.07) is 6.15. The Labute approximate surface area is 193 Å². The number of aromatic hydroxyl groups is 1. The van der Waals surface area contributed by atoms with E-state index in [1.807, 2.05) is 26.1 Å². The van der Waals surface area contributed by atoms with Crippen LogP contribution in [-0.4, -0.2) is 23.2 Å². The van der Waals surface area contributed by atoms with Gasteiger partial charge >= 0.3 is 0 Å². The number of rotatable bonds is 1. The van der Waals surface area contributed by atoms with Crippen molar-refractivity contribution in [2.24, 2.45) is 5.92 Å². The molecular formula is C24H34Br2N2O. The molecule has 3 nitrogen and oxygen atoms in total. The molecule has 1 fully saturated rings. The van der Waals surface area contributed by atoms with Crippen LogP contribution in [0.2, 0.25) is 0 Å². The number of hydrogen-bond donors (Lipinski definition) is 2. The SMILES string of the molecule is CC.CCC.Oc1ccc2c(c1Br)CCc1cc(Br)cnc1C2C1CCNCC1. The summed E-state index contributed by atoms with van der Waals surface area (Å²) in [5, 5.41) is 13.6. The summed E-state index contributed by atoms with van der Waals surface area (Å²) in [6.07, 6.45) is 7.39. The number of piperidine rings is 1. The summed E-state index contributed by atoms with van der Waals surface area (Å²) in [5.74, 6) is 1.23. The van der Waals surface area contributed by atoms with E-state index in [9.17, 15) is 5.11 Å². The molecule has 1 aliphatic heterocycles. The molecule has 0 radical (unpaired) electrons. The van der Waals surface area contributed by atoms with Gasteiger partial charge in [-0.25, -0.2) is 0 Å². The van der Waals surface area contributed by atoms with Crippen LogP contribution in [0.15, 0.2) is 33.3 Å². The lowest BCUT2D eigenvalue weighted by Crippen LogP contribution is -2.32. The van der Waals surface area contributed by atoms with Crippen LogP contribution in [-0.2, 0) is 12.8 Å². The Hall–Kier alpha value is -0.910. The number of nitrogens with zero attached hydrogens (tertiary/aromatic N) is 1. The summed E-state index contributed by atoms with van der Waals surface area (Å²) in [6.45, 7) is 10.4. The minimum absolute atomic E-state index is 0.310. The van der Waals surface area contributed by atoms with Crippen LogP contribution >= 0.6 is 31.9 Å². The van der Waals surface area contributed by atoms with E-state index in [4.69, 9.17) is 4.98 Å². The first-order valence-corrected chi connectivity index (χ1v) is 12.5. The van der Waals surface area contributed by atoms with Gasteiger partial charge in [0, 0.05) is 16.6 Å². The number of nitrogens with one attached hydrogen (secondary N) is 1. The first-order chi connectivity index (χ1) is 14.1. The van der Waals surface area contributed by atoms with E-state index in [0.29, 0.717) is 17.6 Å². The van der Waals surface area contributed by atoms with Crippen molar-refractivity contribution in [2.45, 2.75) is 65.7 Å². The van der Waals surface area contributed by atoms with E-state index in [2.05, 4.69) is 63.2 Å². The third kappa shape index (κ3) is 5.83. The molecule has 2 aromatic rings. The third-order valence-electron chi connectivity index (χ3n) is 5.36. The van der Waals surface area contributed by atoms with Crippen molar-refractivity contribution < 1.29 is 5.11 Å². The van der Waals surface area contributed by atoms with Gasteiger partial charge < -0.3 is 10.4 Å². The molecule has 1 aliphatic carbocycles. The molecule has 5 heteroatoms. The van der Waals surface area contributed by atoms with Crippen LogP contribution in [0.5, 0.6) is 5.75 Å². The van der Waals surface area contributed by atoms with Crippen molar-refractivity contribution in [3.63, 3.8) is 0 Å². The fourth-order valence-corrected chi connectivity index (χ4v) is 5.14. The standard InChI is InChI=1S/C19H20Br2N2O.C3H8.C2H6/c20-13-9-12-1-2-15-14(3-4-16(24)18(15)21)17(19(12)23-10-13)11-5-7-22-8-6-11;1-3-2;1-2/h3-4,9-11,17,22,24H,1-2,5-8H2;3H2,1-2H3;1-2H3. The Kier molecular flexibility index (Phi) is 10.1. The second-order valence-corrected chi connectivity index (χ2v) is 9.15. The Morgan fingerprint density at radius 1 is 1.10 bits per heavy atom. The zero-order chi connectivity index (χ0) is 21.4. The number of fused-ring (bicyclic) bond motifs is 2. The van der Waals surface area contributed by atoms with Crippen molar-refractivity contribution in [2.75, 3.05) is 13.1 Å². The molecule has 29 heavy (non-hydrogen) atoms. The molecule has 160 valence electrons. The molecule has 2 N–H and O–H groups in total. The molecule has 1 saturated heterocycles. The average Bonchev–Trinajstić information content (AvgIpc) is 2.90. The number of phenols is 1. The van der Waals surface area contributed by atoms with E-state index in [1.165, 1.54) is 41.6 Å². The van der Waals surface area contributed by atoms with Gasteiger partial charge in [0.2, 0.25) is 0 Å². The predicted octanol–water partition coefficient (Wildman–Crippen LogP) is 6.98. The molecule has 0 bridgehead atoms. The lowest BCUT2D eigenvalue weighted by atomic mass is 9.77. The summed E-state index contributed by atoms with van der Waals surface area (Å²) in [4.78, 5) is 4.84. The van der Waals surface area contributed by atoms with Gasteiger partial charge in [0.15, 0.2) is 0 Å². The van der Waals surface area contributed by atoms with Gasteiger partial charge in [0.1, 0.15) is 5.75 Å². The van der Waals surface area contributed by atoms with Crippen LogP contribution in [0.1, 0.15) is 75.3 Å². The van der Waals surface area contributed by atoms with E-state index < -0.39 is 0 Å². The number of halogens is 2. The topological polar surface area (TPSA) is 45.2 Å². The number of benzene rings is 1. The van der Waals surface area contributed by atoms with Crippen LogP contribution in [0.25, 0.3) is 0 Å². The van der Waals surface area contributed by atoms with E-state index >= 15 is 0 Å². The summed E-state index contributed by atoms with van der Waals surface area (Å²) in [5.41, 5.74) is 5.13. The van der Waals surface area contributed by atoms with Crippen LogP contribution in [0.4, 0.5) is 0 Å². The average molecular weight is 526 g/mol. The van der Waals surface area contributed by atoms with Gasteiger partial charge in [0.25, 0.3) is 0 Å². The van der Waals surface area contributed by atoms with Crippen molar-refractivity contribution in [1.29, 1.82) is 0 Å². The van der Waals surface area contributed by atoms with Crippen molar-refractivity contribution in [1.82, 2.24) is 10.3 Å². The molecule has 2 heterocycles. The molecule has 1 atom stereocenters. The molecule has 1 unspecified atom stereocenters. The molecule has 1 aromatic carbocycles. The summed E-state index contributed by atoms with van der Waals surface area (Å²) < 4.78 is 1.89. The highest BCUT2D eigenvalue weighted by Gasteiger charge is 2.33. The highest BCUT2D eigenvalue weighted by molar-refractivity contribution is 9.10. The normalized spacial score (nSPS) is 18.2. The van der Waals surface area contributed by atoms with E-state index in [0.717, 1.165) is 34.9 Å². The van der Waals surface area contributed by atoms with Crippen molar-refractivity contribution in [3.05, 3.63) is 55.7 Å². The number of aryl methyl sites for hydroxylation is 1. The maximum absolute atomic E-state index is 10.1. The summed E-state index contributed by atoms with van der Waals surface area (Å²) >= 11 is 7.19. The van der Waals surface area contributed by atoms with E-state index in [1.54, 1.807) is 0 Å². The highest BCUT2D eigenvalue weighted by atomic mass is 79.9. The minimum Gasteiger partial charge on any atom is -0.507 e. The first-order valence-electron chi connectivity index (χ1n) is 10.9. The van der Waals surface area contributed by atoms with Gasteiger partial charge in [-0.3, -0.25) is 4.98 Å². The largest absolute Gasteiger partial charge is 0.507 e. The van der Waals surface area contributed by atoms with Crippen molar-refractivity contribution in [3.8, 4) is 5.75 Å². The van der Waals surface area contributed by atoms with Gasteiger partial charge in [-0.05, 0) is 105 Å². The monoisotopic (exact) mass is 524 g/mol. The maximum atomic E-state index is 10.1. The van der Waals surface area contributed by atoms with Gasteiger partial charge in [-0.15, -0.1) is 0 Å². The second-order valence-electron chi connectivity index (χ2n) is 7.44. The van der Waals surface area contributed by atoms with Gasteiger partial charge in [-0.2, -0.15) is 0 Å². The molecule has 2 aliphatic rings. The predicted molar refractivity (Wildman–Crippen MR) is 130 cm³/mol. The van der Waals surface area contributed by atoms with Crippen LogP contribution in [0.3, 0.4) is 0 Å². The van der Waals surface area contributed by atoms with Crippen LogP contribution < -0.4 is 5.32 Å². The lowest BCUT2D eigenvalue weighted by Gasteiger charge is -2.32. The first kappa shape index (κ1) is 24.4. The number of phenolic OH excluding ortho intramolecular Hbond substituents is 1. The quantitative estimate of drug-likeness (QED) is 0.421. The molecule has 0 spiro atoms. The third-order valence-corrected chi connectivity index (χ3v) is 6.67. The molecule has 0 saturated carbocycles. The zero-order valence-electron chi connectivity index (χ0n) is 18.1. The number of hydrogen-bond acceptors (Lipinski definition) is 3. The molecular weight excluding hydrogens is 492 g/mol. The lowest BCUT2D eigenvalue weighted by molar-refractivity contribution is 0.338. The Morgan fingerprint density at radius 3 is 2.41 bits per heavy atom. The van der Waals surface area contributed by atoms with Gasteiger partial charge in [-0.1, -0.05) is 40.2 Å². The molecule has 1 aromatic heterocycles. The molecule has 0 amide bonds. The Bertz CT molecular complexity index is 789. The zero-order valence-corrected chi connectivity index (χ0v) is 21.2.